The van der Waals surface area contributed by atoms with Crippen molar-refractivity contribution in [2.75, 3.05) is 6.54 Å². The zero-order valence-corrected chi connectivity index (χ0v) is 12.3. The molecule has 0 heterocycles. The van der Waals surface area contributed by atoms with Gasteiger partial charge in [-0.3, -0.25) is 4.79 Å². The van der Waals surface area contributed by atoms with E-state index in [-0.39, 0.29) is 17.9 Å². The summed E-state index contributed by atoms with van der Waals surface area (Å²) < 4.78 is 0. The highest BCUT2D eigenvalue weighted by molar-refractivity contribution is 5.78. The van der Waals surface area contributed by atoms with Crippen molar-refractivity contribution in [3.05, 3.63) is 35.9 Å². The molecule has 0 saturated heterocycles. The van der Waals surface area contributed by atoms with Gasteiger partial charge in [-0.25, -0.2) is 0 Å². The zero-order valence-electron chi connectivity index (χ0n) is 12.3. The van der Waals surface area contributed by atoms with Crippen LogP contribution in [-0.4, -0.2) is 23.4 Å². The molecule has 0 spiro atoms. The van der Waals surface area contributed by atoms with Crippen LogP contribution in [0.25, 0.3) is 0 Å². The molecule has 0 saturated carbocycles. The van der Waals surface area contributed by atoms with Crippen LogP contribution >= 0.6 is 0 Å². The van der Waals surface area contributed by atoms with Gasteiger partial charge in [0.25, 0.3) is 0 Å². The lowest BCUT2D eigenvalue weighted by molar-refractivity contribution is -0.138. The van der Waals surface area contributed by atoms with Gasteiger partial charge in [-0.1, -0.05) is 44.2 Å². The van der Waals surface area contributed by atoms with Crippen molar-refractivity contribution < 1.29 is 4.79 Å². The molecule has 0 aromatic heterocycles. The molecule has 0 radical (unpaired) electrons. The summed E-state index contributed by atoms with van der Waals surface area (Å²) in [5.41, 5.74) is 6.73. The van der Waals surface area contributed by atoms with E-state index in [0.29, 0.717) is 13.1 Å². The number of nitrogens with zero attached hydrogens (tertiary/aromatic N) is 1. The Hall–Kier alpha value is -1.35. The van der Waals surface area contributed by atoms with Gasteiger partial charge in [-0.2, -0.15) is 0 Å². The summed E-state index contributed by atoms with van der Waals surface area (Å²) in [5.74, 6) is 0.214. The van der Waals surface area contributed by atoms with E-state index in [9.17, 15) is 4.79 Å². The smallest absolute Gasteiger partial charge is 0.225 e. The summed E-state index contributed by atoms with van der Waals surface area (Å²) in [6, 6.07) is 10.4. The molecule has 0 fully saturated rings. The summed E-state index contributed by atoms with van der Waals surface area (Å²) in [4.78, 5) is 14.5. The maximum Gasteiger partial charge on any atom is 0.225 e. The summed E-state index contributed by atoms with van der Waals surface area (Å²) in [6.45, 7) is 7.44. The Bertz CT molecular complexity index is 378. The van der Waals surface area contributed by atoms with Gasteiger partial charge >= 0.3 is 0 Å². The Morgan fingerprint density at radius 1 is 1.26 bits per heavy atom. The Balaban J connectivity index is 2.80. The molecule has 0 aliphatic carbocycles. The summed E-state index contributed by atoms with van der Waals surface area (Å²) in [7, 11) is 0. The van der Waals surface area contributed by atoms with Gasteiger partial charge in [0.05, 0.1) is 0 Å². The minimum absolute atomic E-state index is 0.00251. The van der Waals surface area contributed by atoms with Crippen molar-refractivity contribution in [2.24, 2.45) is 11.7 Å². The van der Waals surface area contributed by atoms with Crippen molar-refractivity contribution in [2.45, 2.75) is 46.2 Å². The van der Waals surface area contributed by atoms with Crippen LogP contribution in [0.2, 0.25) is 0 Å². The first-order chi connectivity index (χ1) is 9.10. The number of amides is 1. The van der Waals surface area contributed by atoms with Crippen LogP contribution in [0, 0.1) is 5.92 Å². The number of rotatable bonds is 7. The largest absolute Gasteiger partial charge is 0.335 e. The molecule has 1 aromatic rings. The van der Waals surface area contributed by atoms with Crippen LogP contribution in [0.15, 0.2) is 30.3 Å². The maximum absolute atomic E-state index is 12.5. The van der Waals surface area contributed by atoms with E-state index in [2.05, 4.69) is 26.0 Å². The number of carbonyl (C=O) groups excluding carboxylic acids is 1. The predicted octanol–water partition coefficient (Wildman–Crippen LogP) is 2.80. The van der Waals surface area contributed by atoms with Crippen LogP contribution in [0.5, 0.6) is 0 Å². The van der Waals surface area contributed by atoms with Crippen molar-refractivity contribution in [3.63, 3.8) is 0 Å². The summed E-state index contributed by atoms with van der Waals surface area (Å²) in [6.07, 6.45) is 1.72. The van der Waals surface area contributed by atoms with Gasteiger partial charge in [0.15, 0.2) is 0 Å². The first-order valence-electron chi connectivity index (χ1n) is 7.14. The van der Waals surface area contributed by atoms with Crippen molar-refractivity contribution in [1.29, 1.82) is 0 Å². The van der Waals surface area contributed by atoms with Crippen LogP contribution in [0.4, 0.5) is 0 Å². The molecule has 3 heteroatoms. The quantitative estimate of drug-likeness (QED) is 0.821. The first-order valence-corrected chi connectivity index (χ1v) is 7.14. The number of benzene rings is 1. The molecule has 2 unspecified atom stereocenters. The zero-order chi connectivity index (χ0) is 14.3. The van der Waals surface area contributed by atoms with E-state index in [4.69, 9.17) is 5.73 Å². The third-order valence-corrected chi connectivity index (χ3v) is 3.62. The molecule has 1 aromatic carbocycles. The highest BCUT2D eigenvalue weighted by atomic mass is 16.2. The molecular weight excluding hydrogens is 236 g/mol. The second-order valence-corrected chi connectivity index (χ2v) is 5.19. The second kappa shape index (κ2) is 7.95. The SMILES string of the molecule is CCC(C)N(Cc1ccccc1)C(=O)C(C)CCN. The fraction of sp³-hybridized carbons (Fsp3) is 0.562. The highest BCUT2D eigenvalue weighted by Gasteiger charge is 2.23. The van der Waals surface area contributed by atoms with Gasteiger partial charge in [0, 0.05) is 18.5 Å². The molecule has 19 heavy (non-hydrogen) atoms. The molecule has 1 amide bonds. The van der Waals surface area contributed by atoms with E-state index in [1.165, 1.54) is 5.56 Å². The van der Waals surface area contributed by atoms with E-state index in [0.717, 1.165) is 12.8 Å². The van der Waals surface area contributed by atoms with E-state index in [1.54, 1.807) is 0 Å². The Morgan fingerprint density at radius 3 is 2.42 bits per heavy atom. The monoisotopic (exact) mass is 262 g/mol. The minimum atomic E-state index is 0.00251. The van der Waals surface area contributed by atoms with E-state index in [1.807, 2.05) is 30.0 Å². The third-order valence-electron chi connectivity index (χ3n) is 3.62. The van der Waals surface area contributed by atoms with E-state index >= 15 is 0 Å². The van der Waals surface area contributed by atoms with Gasteiger partial charge in [0.2, 0.25) is 5.91 Å². The van der Waals surface area contributed by atoms with Crippen molar-refractivity contribution in [3.8, 4) is 0 Å². The summed E-state index contributed by atoms with van der Waals surface area (Å²) >= 11 is 0. The predicted molar refractivity (Wildman–Crippen MR) is 79.6 cm³/mol. The standard InChI is InChI=1S/C16H26N2O/c1-4-14(3)18(16(19)13(2)10-11-17)12-15-8-6-5-7-9-15/h5-9,13-14H,4,10-12,17H2,1-3H3. The maximum atomic E-state index is 12.5. The van der Waals surface area contributed by atoms with E-state index < -0.39 is 0 Å². The Labute approximate surface area is 116 Å². The average molecular weight is 262 g/mol. The van der Waals surface area contributed by atoms with Gasteiger partial charge in [-0.05, 0) is 31.9 Å². The number of nitrogens with two attached hydrogens (primary N) is 1. The van der Waals surface area contributed by atoms with Crippen molar-refractivity contribution >= 4 is 5.91 Å². The van der Waals surface area contributed by atoms with Gasteiger partial charge in [-0.15, -0.1) is 0 Å². The molecule has 2 atom stereocenters. The first kappa shape index (κ1) is 15.7. The summed E-state index contributed by atoms with van der Waals surface area (Å²) in [5, 5.41) is 0. The van der Waals surface area contributed by atoms with Crippen LogP contribution in [0.1, 0.15) is 39.2 Å². The Kier molecular flexibility index (Phi) is 6.57. The van der Waals surface area contributed by atoms with Crippen LogP contribution in [0.3, 0.4) is 0 Å². The topological polar surface area (TPSA) is 46.3 Å². The van der Waals surface area contributed by atoms with Crippen LogP contribution < -0.4 is 5.73 Å². The number of hydrogen-bond acceptors (Lipinski definition) is 2. The number of hydrogen-bond donors (Lipinski definition) is 1. The van der Waals surface area contributed by atoms with Crippen molar-refractivity contribution in [1.82, 2.24) is 4.90 Å². The molecular formula is C16H26N2O. The minimum Gasteiger partial charge on any atom is -0.335 e. The molecule has 2 N–H and O–H groups in total. The fourth-order valence-electron chi connectivity index (χ4n) is 2.11. The molecule has 1 rings (SSSR count). The normalized spacial score (nSPS) is 13.9. The molecule has 0 aliphatic rings. The average Bonchev–Trinajstić information content (AvgIpc) is 2.44. The lowest BCUT2D eigenvalue weighted by Gasteiger charge is -2.31. The Morgan fingerprint density at radius 2 is 1.89 bits per heavy atom. The lowest BCUT2D eigenvalue weighted by atomic mass is 10.0. The molecule has 0 aliphatic heterocycles. The van der Waals surface area contributed by atoms with Crippen LogP contribution in [-0.2, 0) is 11.3 Å². The second-order valence-electron chi connectivity index (χ2n) is 5.19. The molecule has 3 nitrogen and oxygen atoms in total. The molecule has 106 valence electrons. The highest BCUT2D eigenvalue weighted by Crippen LogP contribution is 2.16. The lowest BCUT2D eigenvalue weighted by Crippen LogP contribution is -2.41. The third kappa shape index (κ3) is 4.67. The van der Waals surface area contributed by atoms with Gasteiger partial charge < -0.3 is 10.6 Å². The fourth-order valence-corrected chi connectivity index (χ4v) is 2.11. The number of carbonyl (C=O) groups is 1. The molecule has 0 bridgehead atoms. The van der Waals surface area contributed by atoms with Gasteiger partial charge in [0.1, 0.15) is 0 Å².